The summed E-state index contributed by atoms with van der Waals surface area (Å²) >= 11 is 3.34. The lowest BCUT2D eigenvalue weighted by atomic mass is 10.0. The topological polar surface area (TPSA) is 111 Å². The summed E-state index contributed by atoms with van der Waals surface area (Å²) in [6, 6.07) is 10.5. The van der Waals surface area contributed by atoms with Crippen molar-refractivity contribution in [3.63, 3.8) is 0 Å². The van der Waals surface area contributed by atoms with Crippen LogP contribution >= 0.6 is 15.9 Å². The molecule has 0 radical (unpaired) electrons. The lowest BCUT2D eigenvalue weighted by Crippen LogP contribution is -2.46. The fraction of sp³-hybridized carbons (Fsp3) is 0.321. The molecule has 1 amide bonds. The van der Waals surface area contributed by atoms with Gasteiger partial charge in [-0.2, -0.15) is 5.10 Å². The maximum absolute atomic E-state index is 13.6. The number of aromatic nitrogens is 5. The Bertz CT molecular complexity index is 1550. The number of hydrogen-bond donors (Lipinski definition) is 0. The summed E-state index contributed by atoms with van der Waals surface area (Å²) in [7, 11) is 0. The Morgan fingerprint density at radius 2 is 1.82 bits per heavy atom. The number of halogens is 1. The Balaban J connectivity index is 1.41. The van der Waals surface area contributed by atoms with Crippen LogP contribution in [0.2, 0.25) is 0 Å². The van der Waals surface area contributed by atoms with Gasteiger partial charge in [0, 0.05) is 42.0 Å². The summed E-state index contributed by atoms with van der Waals surface area (Å²) < 4.78 is 2.23. The van der Waals surface area contributed by atoms with Gasteiger partial charge in [-0.05, 0) is 72.4 Å². The Kier molecular flexibility index (Phi) is 7.16. The van der Waals surface area contributed by atoms with Crippen molar-refractivity contribution in [2.45, 2.75) is 58.7 Å². The molecule has 1 aliphatic rings. The van der Waals surface area contributed by atoms with E-state index in [1.165, 1.54) is 6.92 Å². The van der Waals surface area contributed by atoms with Gasteiger partial charge in [-0.15, -0.1) is 0 Å². The van der Waals surface area contributed by atoms with Crippen LogP contribution in [-0.2, 0) is 22.6 Å². The minimum Gasteiger partial charge on any atom is -0.328 e. The molecule has 0 aliphatic carbocycles. The normalized spacial score (nSPS) is 17.2. The largest absolute Gasteiger partial charge is 0.328 e. The average Bonchev–Trinajstić information content (AvgIpc) is 3.45. The number of aryl methyl sites for hydroxylation is 1. The number of Topliss-reactive ketones (excluding diaryl/α,β-unsaturated/α-hetero) is 2. The minimum atomic E-state index is -0.513. The van der Waals surface area contributed by atoms with Crippen molar-refractivity contribution < 1.29 is 14.4 Å². The van der Waals surface area contributed by atoms with Crippen molar-refractivity contribution in [3.05, 3.63) is 70.6 Å². The fourth-order valence-corrected chi connectivity index (χ4v) is 5.44. The second-order valence-electron chi connectivity index (χ2n) is 9.65. The maximum Gasteiger partial charge on any atom is 0.245 e. The zero-order chi connectivity index (χ0) is 27.0. The Morgan fingerprint density at radius 3 is 2.53 bits per heavy atom. The van der Waals surface area contributed by atoms with Crippen LogP contribution in [0.4, 0.5) is 0 Å². The molecule has 38 heavy (non-hydrogen) atoms. The standard InChI is InChI=1S/C28H27BrN6O3/c1-16-7-9-24(25(37)12-21-5-4-6-26(29)32-21)35(16)27(38)15-34-23-10-8-19(20-13-30-18(3)31-14-20)11-22(23)28(33-34)17(2)36/h4-6,8,10-11,13-14,16,24H,7,9,12,15H2,1-3H3/t16-,24-/m0/s1. The number of ketones is 2. The number of carbonyl (C=O) groups excluding carboxylic acids is 3. The number of amides is 1. The van der Waals surface area contributed by atoms with Crippen LogP contribution in [0, 0.1) is 6.92 Å². The van der Waals surface area contributed by atoms with E-state index in [0.717, 1.165) is 17.5 Å². The van der Waals surface area contributed by atoms with Gasteiger partial charge in [0.2, 0.25) is 5.91 Å². The Labute approximate surface area is 228 Å². The van der Waals surface area contributed by atoms with E-state index in [2.05, 4.69) is 36.0 Å². The lowest BCUT2D eigenvalue weighted by molar-refractivity contribution is -0.139. The van der Waals surface area contributed by atoms with Crippen LogP contribution in [0.5, 0.6) is 0 Å². The van der Waals surface area contributed by atoms with Gasteiger partial charge in [0.1, 0.15) is 22.7 Å². The maximum atomic E-state index is 13.6. The second kappa shape index (κ2) is 10.5. The molecule has 10 heteroatoms. The van der Waals surface area contributed by atoms with Gasteiger partial charge in [0.25, 0.3) is 0 Å². The van der Waals surface area contributed by atoms with Gasteiger partial charge in [0.05, 0.1) is 18.0 Å². The van der Waals surface area contributed by atoms with E-state index < -0.39 is 6.04 Å². The first-order valence-electron chi connectivity index (χ1n) is 12.5. The lowest BCUT2D eigenvalue weighted by Gasteiger charge is -2.28. The van der Waals surface area contributed by atoms with Crippen LogP contribution < -0.4 is 0 Å². The molecular formula is C28H27BrN6O3. The molecule has 2 atom stereocenters. The van der Waals surface area contributed by atoms with Crippen molar-refractivity contribution in [2.75, 3.05) is 0 Å². The molecule has 3 aromatic heterocycles. The number of fused-ring (bicyclic) bond motifs is 1. The van der Waals surface area contributed by atoms with E-state index in [-0.39, 0.29) is 36.5 Å². The zero-order valence-electron chi connectivity index (χ0n) is 21.4. The molecule has 4 heterocycles. The van der Waals surface area contributed by atoms with Crippen molar-refractivity contribution in [1.82, 2.24) is 29.6 Å². The van der Waals surface area contributed by atoms with E-state index in [1.54, 1.807) is 22.0 Å². The highest BCUT2D eigenvalue weighted by molar-refractivity contribution is 9.10. The predicted octanol–water partition coefficient (Wildman–Crippen LogP) is 4.35. The second-order valence-corrected chi connectivity index (χ2v) is 10.5. The van der Waals surface area contributed by atoms with Crippen LogP contribution in [0.3, 0.4) is 0 Å². The Morgan fingerprint density at radius 1 is 1.05 bits per heavy atom. The van der Waals surface area contributed by atoms with Crippen LogP contribution in [0.25, 0.3) is 22.0 Å². The molecule has 1 fully saturated rings. The first kappa shape index (κ1) is 25.8. The number of nitrogens with zero attached hydrogens (tertiary/aromatic N) is 6. The molecular weight excluding hydrogens is 548 g/mol. The number of rotatable bonds is 7. The highest BCUT2D eigenvalue weighted by Crippen LogP contribution is 2.29. The quantitative estimate of drug-likeness (QED) is 0.238. The number of benzene rings is 1. The van der Waals surface area contributed by atoms with Gasteiger partial charge in [-0.3, -0.25) is 19.1 Å². The van der Waals surface area contributed by atoms with Gasteiger partial charge in [-0.1, -0.05) is 12.1 Å². The molecule has 194 valence electrons. The monoisotopic (exact) mass is 574 g/mol. The van der Waals surface area contributed by atoms with Crippen molar-refractivity contribution in [3.8, 4) is 11.1 Å². The molecule has 4 aromatic rings. The smallest absolute Gasteiger partial charge is 0.245 e. The Hall–Kier alpha value is -3.79. The molecule has 0 bridgehead atoms. The summed E-state index contributed by atoms with van der Waals surface area (Å²) in [4.78, 5) is 53.8. The highest BCUT2D eigenvalue weighted by atomic mass is 79.9. The molecule has 1 aromatic carbocycles. The van der Waals surface area contributed by atoms with E-state index in [4.69, 9.17) is 0 Å². The molecule has 5 rings (SSSR count). The third-order valence-corrected chi connectivity index (χ3v) is 7.38. The van der Waals surface area contributed by atoms with Crippen LogP contribution in [0.15, 0.2) is 53.4 Å². The molecule has 0 spiro atoms. The predicted molar refractivity (Wildman–Crippen MR) is 145 cm³/mol. The molecule has 0 saturated carbocycles. The zero-order valence-corrected chi connectivity index (χ0v) is 23.0. The number of hydrogen-bond acceptors (Lipinski definition) is 7. The molecule has 0 N–H and O–H groups in total. The first-order chi connectivity index (χ1) is 18.2. The molecule has 1 aliphatic heterocycles. The van der Waals surface area contributed by atoms with Gasteiger partial charge < -0.3 is 4.90 Å². The summed E-state index contributed by atoms with van der Waals surface area (Å²) in [6.07, 6.45) is 4.99. The summed E-state index contributed by atoms with van der Waals surface area (Å²) in [5, 5.41) is 5.17. The summed E-state index contributed by atoms with van der Waals surface area (Å²) in [6.45, 7) is 5.17. The number of carbonyl (C=O) groups is 3. The summed E-state index contributed by atoms with van der Waals surface area (Å²) in [5.74, 6) is 0.244. The third-order valence-electron chi connectivity index (χ3n) is 6.94. The summed E-state index contributed by atoms with van der Waals surface area (Å²) in [5.41, 5.74) is 3.31. The van der Waals surface area contributed by atoms with Gasteiger partial charge in [-0.25, -0.2) is 15.0 Å². The number of likely N-dealkylation sites (tertiary alicyclic amines) is 1. The highest BCUT2D eigenvalue weighted by Gasteiger charge is 2.38. The van der Waals surface area contributed by atoms with E-state index >= 15 is 0 Å². The third kappa shape index (κ3) is 5.13. The minimum absolute atomic E-state index is 0.0343. The van der Waals surface area contributed by atoms with Gasteiger partial charge in [0.15, 0.2) is 11.6 Å². The van der Waals surface area contributed by atoms with E-state index in [1.807, 2.05) is 50.2 Å². The molecule has 0 unspecified atom stereocenters. The molecule has 1 saturated heterocycles. The van der Waals surface area contributed by atoms with E-state index in [9.17, 15) is 14.4 Å². The fourth-order valence-electron chi connectivity index (χ4n) is 5.06. The first-order valence-corrected chi connectivity index (χ1v) is 13.3. The SMILES string of the molecule is CC(=O)c1nn(CC(=O)N2[C@@H](C)CC[C@H]2C(=O)Cc2cccc(Br)n2)c2ccc(-c3cnc(C)nc3)cc12. The molecule has 9 nitrogen and oxygen atoms in total. The van der Waals surface area contributed by atoms with Gasteiger partial charge >= 0.3 is 0 Å². The average molecular weight is 575 g/mol. The van der Waals surface area contributed by atoms with Crippen molar-refractivity contribution >= 4 is 44.3 Å². The van der Waals surface area contributed by atoms with Crippen molar-refractivity contribution in [1.29, 1.82) is 0 Å². The number of pyridine rings is 1. The van der Waals surface area contributed by atoms with E-state index in [0.29, 0.717) is 39.1 Å². The van der Waals surface area contributed by atoms with Crippen LogP contribution in [0.1, 0.15) is 48.7 Å². The van der Waals surface area contributed by atoms with Crippen molar-refractivity contribution in [2.24, 2.45) is 0 Å². The van der Waals surface area contributed by atoms with Crippen LogP contribution in [-0.4, -0.2) is 59.2 Å².